The smallest absolute Gasteiger partial charge is 0.247 e. The number of hydrogen-bond donors (Lipinski definition) is 2. The van der Waals surface area contributed by atoms with Gasteiger partial charge in [0.1, 0.15) is 5.60 Å². The predicted octanol–water partition coefficient (Wildman–Crippen LogP) is 2.48. The molecular formula is C21H27N5O3. The Balaban J connectivity index is 1.64. The average Bonchev–Trinajstić information content (AvgIpc) is 2.73. The van der Waals surface area contributed by atoms with Gasteiger partial charge in [0.15, 0.2) is 11.6 Å². The SMILES string of the molecule is CO[C@H]1CC[C@H](N2C(=O)CNc3ncc(-c4ccc(C(C)(C)O)nc4)nc32)CC1. The molecule has 0 saturated heterocycles. The maximum absolute atomic E-state index is 12.7. The van der Waals surface area contributed by atoms with Crippen molar-refractivity contribution in [1.29, 1.82) is 0 Å². The van der Waals surface area contributed by atoms with Crippen LogP contribution in [0.5, 0.6) is 0 Å². The van der Waals surface area contributed by atoms with Crippen molar-refractivity contribution in [2.24, 2.45) is 0 Å². The van der Waals surface area contributed by atoms with E-state index >= 15 is 0 Å². The second kappa shape index (κ2) is 7.68. The molecule has 0 atom stereocenters. The van der Waals surface area contributed by atoms with Crippen LogP contribution in [0.25, 0.3) is 11.3 Å². The Kier molecular flexibility index (Phi) is 5.23. The maximum atomic E-state index is 12.7. The molecule has 2 aliphatic rings. The van der Waals surface area contributed by atoms with Gasteiger partial charge in [-0.2, -0.15) is 0 Å². The van der Waals surface area contributed by atoms with Crippen molar-refractivity contribution in [2.75, 3.05) is 23.9 Å². The van der Waals surface area contributed by atoms with Crippen molar-refractivity contribution in [1.82, 2.24) is 15.0 Å². The Morgan fingerprint density at radius 2 is 1.93 bits per heavy atom. The maximum Gasteiger partial charge on any atom is 0.247 e. The first-order valence-electron chi connectivity index (χ1n) is 10.0. The number of anilines is 2. The van der Waals surface area contributed by atoms with Gasteiger partial charge in [-0.15, -0.1) is 0 Å². The molecule has 2 N–H and O–H groups in total. The van der Waals surface area contributed by atoms with Crippen LogP contribution in [0.1, 0.15) is 45.2 Å². The molecule has 1 amide bonds. The quantitative estimate of drug-likeness (QED) is 0.817. The van der Waals surface area contributed by atoms with Gasteiger partial charge in [0.05, 0.1) is 30.2 Å². The van der Waals surface area contributed by atoms with Crippen LogP contribution >= 0.6 is 0 Å². The van der Waals surface area contributed by atoms with E-state index in [9.17, 15) is 9.90 Å². The van der Waals surface area contributed by atoms with Crippen molar-refractivity contribution in [3.8, 4) is 11.3 Å². The second-order valence-corrected chi connectivity index (χ2v) is 8.20. The highest BCUT2D eigenvalue weighted by Crippen LogP contribution is 2.34. The average molecular weight is 397 g/mol. The summed E-state index contributed by atoms with van der Waals surface area (Å²) in [5, 5.41) is 13.2. The molecule has 0 unspecified atom stereocenters. The molecule has 3 heterocycles. The van der Waals surface area contributed by atoms with Gasteiger partial charge in [-0.05, 0) is 51.7 Å². The lowest BCUT2D eigenvalue weighted by atomic mass is 9.91. The summed E-state index contributed by atoms with van der Waals surface area (Å²) in [6.07, 6.45) is 7.26. The minimum absolute atomic E-state index is 0.0142. The fourth-order valence-corrected chi connectivity index (χ4v) is 4.00. The Morgan fingerprint density at radius 1 is 1.17 bits per heavy atom. The number of ether oxygens (including phenoxy) is 1. The first kappa shape index (κ1) is 19.7. The van der Waals surface area contributed by atoms with Gasteiger partial charge in [0.25, 0.3) is 0 Å². The number of aromatic nitrogens is 3. The lowest BCUT2D eigenvalue weighted by Crippen LogP contribution is -2.49. The number of methoxy groups -OCH3 is 1. The highest BCUT2D eigenvalue weighted by Gasteiger charge is 2.35. The van der Waals surface area contributed by atoms with E-state index in [4.69, 9.17) is 9.72 Å². The fraction of sp³-hybridized carbons (Fsp3) is 0.524. The number of nitrogens with zero attached hydrogens (tertiary/aromatic N) is 4. The van der Waals surface area contributed by atoms with Gasteiger partial charge in [-0.1, -0.05) is 0 Å². The zero-order valence-electron chi connectivity index (χ0n) is 17.1. The van der Waals surface area contributed by atoms with E-state index in [0.717, 1.165) is 31.2 Å². The van der Waals surface area contributed by atoms with E-state index in [2.05, 4.69) is 15.3 Å². The summed E-state index contributed by atoms with van der Waals surface area (Å²) in [5.74, 6) is 1.22. The predicted molar refractivity (Wildman–Crippen MR) is 110 cm³/mol. The third-order valence-electron chi connectivity index (χ3n) is 5.69. The topological polar surface area (TPSA) is 100 Å². The molecule has 0 radical (unpaired) electrons. The normalized spacial score (nSPS) is 22.2. The van der Waals surface area contributed by atoms with Gasteiger partial charge >= 0.3 is 0 Å². The van der Waals surface area contributed by atoms with Crippen LogP contribution in [0, 0.1) is 0 Å². The summed E-state index contributed by atoms with van der Waals surface area (Å²) >= 11 is 0. The Hall–Kier alpha value is -2.58. The number of pyridine rings is 1. The van der Waals surface area contributed by atoms with Crippen molar-refractivity contribution in [3.63, 3.8) is 0 Å². The molecule has 1 aliphatic carbocycles. The van der Waals surface area contributed by atoms with Gasteiger partial charge in [-0.3, -0.25) is 14.7 Å². The molecule has 4 rings (SSSR count). The summed E-state index contributed by atoms with van der Waals surface area (Å²) in [7, 11) is 1.74. The number of aliphatic hydroxyl groups is 1. The third kappa shape index (κ3) is 3.95. The number of fused-ring (bicyclic) bond motifs is 1. The van der Waals surface area contributed by atoms with E-state index in [-0.39, 0.29) is 24.6 Å². The molecule has 2 aromatic heterocycles. The summed E-state index contributed by atoms with van der Waals surface area (Å²) in [4.78, 5) is 28.2. The second-order valence-electron chi connectivity index (χ2n) is 8.20. The minimum atomic E-state index is -1.01. The molecule has 0 aromatic carbocycles. The van der Waals surface area contributed by atoms with Crippen molar-refractivity contribution in [3.05, 3.63) is 30.2 Å². The lowest BCUT2D eigenvalue weighted by Gasteiger charge is -2.38. The van der Waals surface area contributed by atoms with E-state index in [1.165, 1.54) is 0 Å². The molecule has 8 nitrogen and oxygen atoms in total. The van der Waals surface area contributed by atoms with Crippen LogP contribution < -0.4 is 10.2 Å². The van der Waals surface area contributed by atoms with Gasteiger partial charge in [-0.25, -0.2) is 9.97 Å². The highest BCUT2D eigenvalue weighted by molar-refractivity contribution is 6.01. The summed E-state index contributed by atoms with van der Waals surface area (Å²) < 4.78 is 5.47. The van der Waals surface area contributed by atoms with Crippen LogP contribution in [0.15, 0.2) is 24.5 Å². The first-order chi connectivity index (χ1) is 13.9. The molecule has 8 heteroatoms. The molecule has 1 fully saturated rings. The molecule has 1 aliphatic heterocycles. The Labute approximate surface area is 170 Å². The standard InChI is InChI=1S/C21H27N5O3/c1-21(2,28)17-9-4-13(10-22-17)16-11-23-19-20(25-16)26(18(27)12-24-19)14-5-7-15(29-3)8-6-14/h4,9-11,14-15,28H,5-8,12H2,1-3H3,(H,23,24)/t14-,15-. The van der Waals surface area contributed by atoms with Gasteiger partial charge < -0.3 is 15.2 Å². The monoisotopic (exact) mass is 397 g/mol. The highest BCUT2D eigenvalue weighted by atomic mass is 16.5. The molecule has 1 saturated carbocycles. The molecular weight excluding hydrogens is 370 g/mol. The fourth-order valence-electron chi connectivity index (χ4n) is 4.00. The Morgan fingerprint density at radius 3 is 2.55 bits per heavy atom. The van der Waals surface area contributed by atoms with E-state index in [1.807, 2.05) is 11.0 Å². The molecule has 0 spiro atoms. The Bertz CT molecular complexity index is 886. The summed E-state index contributed by atoms with van der Waals surface area (Å²) in [5.41, 5.74) is 1.01. The number of carbonyl (C=O) groups excluding carboxylic acids is 1. The van der Waals surface area contributed by atoms with Crippen LogP contribution in [0.3, 0.4) is 0 Å². The third-order valence-corrected chi connectivity index (χ3v) is 5.69. The number of amides is 1. The van der Waals surface area contributed by atoms with Crippen molar-refractivity contribution >= 4 is 17.5 Å². The molecule has 2 aromatic rings. The minimum Gasteiger partial charge on any atom is -0.384 e. The van der Waals surface area contributed by atoms with Crippen LogP contribution in [-0.4, -0.2) is 51.8 Å². The van der Waals surface area contributed by atoms with E-state index in [0.29, 0.717) is 23.0 Å². The largest absolute Gasteiger partial charge is 0.384 e. The number of carbonyl (C=O) groups is 1. The zero-order chi connectivity index (χ0) is 20.6. The number of nitrogens with one attached hydrogen (secondary N) is 1. The first-order valence-corrected chi connectivity index (χ1v) is 10.0. The van der Waals surface area contributed by atoms with Crippen molar-refractivity contribution in [2.45, 2.75) is 57.3 Å². The summed E-state index contributed by atoms with van der Waals surface area (Å²) in [6, 6.07) is 3.75. The van der Waals surface area contributed by atoms with Crippen LogP contribution in [0.2, 0.25) is 0 Å². The van der Waals surface area contributed by atoms with Crippen LogP contribution in [0.4, 0.5) is 11.6 Å². The van der Waals surface area contributed by atoms with Gasteiger partial charge in [0.2, 0.25) is 5.91 Å². The molecule has 154 valence electrons. The van der Waals surface area contributed by atoms with Crippen LogP contribution in [-0.2, 0) is 15.1 Å². The lowest BCUT2D eigenvalue weighted by molar-refractivity contribution is -0.118. The van der Waals surface area contributed by atoms with Crippen molar-refractivity contribution < 1.29 is 14.6 Å². The van der Waals surface area contributed by atoms with E-state index < -0.39 is 5.60 Å². The number of rotatable bonds is 4. The zero-order valence-corrected chi connectivity index (χ0v) is 17.1. The van der Waals surface area contributed by atoms with E-state index in [1.54, 1.807) is 39.4 Å². The van der Waals surface area contributed by atoms with Gasteiger partial charge in [0, 0.05) is 24.9 Å². The number of hydrogen-bond acceptors (Lipinski definition) is 7. The molecule has 0 bridgehead atoms. The molecule has 29 heavy (non-hydrogen) atoms. The summed E-state index contributed by atoms with van der Waals surface area (Å²) in [6.45, 7) is 3.62.